The highest BCUT2D eigenvalue weighted by atomic mass is 32.2. The molecule has 6 nitrogen and oxygen atoms in total. The first-order chi connectivity index (χ1) is 12.1. The third-order valence-corrected chi connectivity index (χ3v) is 6.06. The highest BCUT2D eigenvalue weighted by Gasteiger charge is 2.28. The Bertz CT molecular complexity index is 810. The molecule has 0 atom stereocenters. The summed E-state index contributed by atoms with van der Waals surface area (Å²) in [5, 5.41) is 2.84. The third kappa shape index (κ3) is 4.18. The van der Waals surface area contributed by atoms with Crippen molar-refractivity contribution in [3.05, 3.63) is 60.7 Å². The van der Waals surface area contributed by atoms with Crippen molar-refractivity contribution in [2.75, 3.05) is 31.5 Å². The molecule has 0 aliphatic carbocycles. The fourth-order valence-electron chi connectivity index (χ4n) is 2.80. The number of rotatable bonds is 3. The number of benzene rings is 2. The summed E-state index contributed by atoms with van der Waals surface area (Å²) in [4.78, 5) is 14.3. The van der Waals surface area contributed by atoms with E-state index >= 15 is 0 Å². The molecule has 3 rings (SSSR count). The summed E-state index contributed by atoms with van der Waals surface area (Å²) in [5.41, 5.74) is 0.727. The smallest absolute Gasteiger partial charge is 0.321 e. The van der Waals surface area contributed by atoms with Crippen LogP contribution in [0.25, 0.3) is 0 Å². The van der Waals surface area contributed by atoms with Crippen LogP contribution in [0.5, 0.6) is 0 Å². The van der Waals surface area contributed by atoms with Crippen molar-refractivity contribution < 1.29 is 13.2 Å². The molecule has 1 aliphatic heterocycles. The number of hydrogen-bond acceptors (Lipinski definition) is 3. The van der Waals surface area contributed by atoms with E-state index in [4.69, 9.17) is 0 Å². The van der Waals surface area contributed by atoms with Crippen LogP contribution < -0.4 is 5.32 Å². The maximum Gasteiger partial charge on any atom is 0.321 e. The molecule has 25 heavy (non-hydrogen) atoms. The highest BCUT2D eigenvalue weighted by Crippen LogP contribution is 2.18. The van der Waals surface area contributed by atoms with E-state index in [1.165, 1.54) is 4.31 Å². The molecule has 2 aromatic rings. The summed E-state index contributed by atoms with van der Waals surface area (Å²) in [5.74, 6) is 0. The van der Waals surface area contributed by atoms with Crippen molar-refractivity contribution in [2.45, 2.75) is 11.3 Å². The maximum atomic E-state index is 12.7. The summed E-state index contributed by atoms with van der Waals surface area (Å²) in [6.45, 7) is 1.59. The summed E-state index contributed by atoms with van der Waals surface area (Å²) in [6, 6.07) is 17.4. The average molecular weight is 359 g/mol. The molecule has 0 bridgehead atoms. The molecule has 0 radical (unpaired) electrons. The molecule has 1 aliphatic rings. The van der Waals surface area contributed by atoms with Gasteiger partial charge in [0.25, 0.3) is 0 Å². The second-order valence-electron chi connectivity index (χ2n) is 5.85. The van der Waals surface area contributed by atoms with Gasteiger partial charge in [-0.15, -0.1) is 0 Å². The molecule has 0 aromatic heterocycles. The molecule has 2 amide bonds. The van der Waals surface area contributed by atoms with Crippen molar-refractivity contribution in [3.63, 3.8) is 0 Å². The number of carbonyl (C=O) groups excluding carboxylic acids is 1. The first kappa shape index (κ1) is 17.4. The predicted octanol–water partition coefficient (Wildman–Crippen LogP) is 2.62. The number of sulfonamides is 1. The van der Waals surface area contributed by atoms with Crippen LogP contribution in [-0.4, -0.2) is 49.8 Å². The number of amides is 2. The van der Waals surface area contributed by atoms with Crippen LogP contribution in [0, 0.1) is 0 Å². The number of carbonyl (C=O) groups is 1. The second-order valence-corrected chi connectivity index (χ2v) is 7.79. The van der Waals surface area contributed by atoms with Crippen LogP contribution in [0.1, 0.15) is 6.42 Å². The standard InChI is InChI=1S/C18H21N3O3S/c22-18(19-16-8-3-1-4-9-16)20-12-7-13-21(15-14-20)25(23,24)17-10-5-2-6-11-17/h1-6,8-11H,7,12-15H2,(H,19,22). The van der Waals surface area contributed by atoms with Crippen molar-refractivity contribution >= 4 is 21.7 Å². The lowest BCUT2D eigenvalue weighted by atomic mass is 10.3. The van der Waals surface area contributed by atoms with Crippen molar-refractivity contribution in [2.24, 2.45) is 0 Å². The van der Waals surface area contributed by atoms with Gasteiger partial charge in [0, 0.05) is 31.9 Å². The van der Waals surface area contributed by atoms with Gasteiger partial charge < -0.3 is 10.2 Å². The normalized spacial score (nSPS) is 16.2. The second kappa shape index (κ2) is 7.67. The molecular weight excluding hydrogens is 338 g/mol. The van der Waals surface area contributed by atoms with E-state index in [0.717, 1.165) is 5.69 Å². The molecule has 132 valence electrons. The van der Waals surface area contributed by atoms with Crippen LogP contribution in [0.4, 0.5) is 10.5 Å². The van der Waals surface area contributed by atoms with Gasteiger partial charge in [-0.25, -0.2) is 13.2 Å². The van der Waals surface area contributed by atoms with E-state index in [-0.39, 0.29) is 10.9 Å². The average Bonchev–Trinajstić information content (AvgIpc) is 2.90. The Labute approximate surface area is 148 Å². The van der Waals surface area contributed by atoms with E-state index in [1.54, 1.807) is 35.2 Å². The van der Waals surface area contributed by atoms with Crippen LogP contribution in [0.2, 0.25) is 0 Å². The Morgan fingerprint density at radius 1 is 0.840 bits per heavy atom. The molecule has 2 aromatic carbocycles. The Hall–Kier alpha value is -2.38. The minimum atomic E-state index is -3.52. The summed E-state index contributed by atoms with van der Waals surface area (Å²) < 4.78 is 26.9. The minimum absolute atomic E-state index is 0.204. The topological polar surface area (TPSA) is 69.7 Å². The Morgan fingerprint density at radius 3 is 2.16 bits per heavy atom. The lowest BCUT2D eigenvalue weighted by molar-refractivity contribution is 0.214. The predicted molar refractivity (Wildman–Crippen MR) is 96.9 cm³/mol. The van der Waals surface area contributed by atoms with Gasteiger partial charge in [-0.3, -0.25) is 0 Å². The molecule has 0 spiro atoms. The van der Waals surface area contributed by atoms with Gasteiger partial charge >= 0.3 is 6.03 Å². The first-order valence-corrected chi connectivity index (χ1v) is 9.67. The zero-order valence-corrected chi connectivity index (χ0v) is 14.7. The number of nitrogens with one attached hydrogen (secondary N) is 1. The molecule has 0 saturated carbocycles. The number of hydrogen-bond donors (Lipinski definition) is 1. The fourth-order valence-corrected chi connectivity index (χ4v) is 4.29. The van der Waals surface area contributed by atoms with E-state index in [1.807, 2.05) is 30.3 Å². The van der Waals surface area contributed by atoms with Crippen LogP contribution >= 0.6 is 0 Å². The molecular formula is C18H21N3O3S. The largest absolute Gasteiger partial charge is 0.323 e. The zero-order chi connectivity index (χ0) is 17.7. The van der Waals surface area contributed by atoms with Crippen LogP contribution in [0.3, 0.4) is 0 Å². The van der Waals surface area contributed by atoms with Gasteiger partial charge in [-0.2, -0.15) is 4.31 Å². The summed E-state index contributed by atoms with van der Waals surface area (Å²) in [6.07, 6.45) is 0.605. The molecule has 0 unspecified atom stereocenters. The summed E-state index contributed by atoms with van der Waals surface area (Å²) >= 11 is 0. The van der Waals surface area contributed by atoms with Crippen molar-refractivity contribution in [1.82, 2.24) is 9.21 Å². The monoisotopic (exact) mass is 359 g/mol. The third-order valence-electron chi connectivity index (χ3n) is 4.15. The zero-order valence-electron chi connectivity index (χ0n) is 13.8. The van der Waals surface area contributed by atoms with Crippen molar-refractivity contribution in [1.29, 1.82) is 0 Å². The Balaban J connectivity index is 1.65. The SMILES string of the molecule is O=C(Nc1ccccc1)N1CCCN(S(=O)(=O)c2ccccc2)CC1. The van der Waals surface area contributed by atoms with E-state index in [2.05, 4.69) is 5.32 Å². The van der Waals surface area contributed by atoms with Gasteiger partial charge in [0.1, 0.15) is 0 Å². The van der Waals surface area contributed by atoms with Gasteiger partial charge in [-0.1, -0.05) is 36.4 Å². The van der Waals surface area contributed by atoms with Crippen LogP contribution in [-0.2, 0) is 10.0 Å². The van der Waals surface area contributed by atoms with Gasteiger partial charge in [0.2, 0.25) is 10.0 Å². The first-order valence-electron chi connectivity index (χ1n) is 8.23. The lowest BCUT2D eigenvalue weighted by Gasteiger charge is -2.22. The van der Waals surface area contributed by atoms with Crippen molar-refractivity contribution in [3.8, 4) is 0 Å². The molecule has 1 fully saturated rings. The number of urea groups is 1. The molecule has 1 saturated heterocycles. The van der Waals surface area contributed by atoms with Crippen LogP contribution in [0.15, 0.2) is 65.6 Å². The van der Waals surface area contributed by atoms with E-state index in [9.17, 15) is 13.2 Å². The van der Waals surface area contributed by atoms with Gasteiger partial charge in [0.15, 0.2) is 0 Å². The molecule has 1 heterocycles. The maximum absolute atomic E-state index is 12.7. The van der Waals surface area contributed by atoms with Gasteiger partial charge in [0.05, 0.1) is 4.90 Å². The lowest BCUT2D eigenvalue weighted by Crippen LogP contribution is -2.39. The van der Waals surface area contributed by atoms with Gasteiger partial charge in [-0.05, 0) is 30.7 Å². The summed E-state index contributed by atoms with van der Waals surface area (Å²) in [7, 11) is -3.52. The number of anilines is 1. The Kier molecular flexibility index (Phi) is 5.35. The number of para-hydroxylation sites is 1. The highest BCUT2D eigenvalue weighted by molar-refractivity contribution is 7.89. The Morgan fingerprint density at radius 2 is 1.48 bits per heavy atom. The molecule has 1 N–H and O–H groups in total. The molecule has 7 heteroatoms. The quantitative estimate of drug-likeness (QED) is 0.916. The fraction of sp³-hybridized carbons (Fsp3) is 0.278. The van der Waals surface area contributed by atoms with E-state index in [0.29, 0.717) is 32.6 Å². The van der Waals surface area contributed by atoms with E-state index < -0.39 is 10.0 Å². The minimum Gasteiger partial charge on any atom is -0.323 e. The number of nitrogens with zero attached hydrogens (tertiary/aromatic N) is 2.